The first kappa shape index (κ1) is 14.1. The Bertz CT molecular complexity index is 579. The predicted molar refractivity (Wildman–Crippen MR) is 80.0 cm³/mol. The molecule has 0 radical (unpaired) electrons. The van der Waals surface area contributed by atoms with Gasteiger partial charge in [-0.15, -0.1) is 0 Å². The summed E-state index contributed by atoms with van der Waals surface area (Å²) in [5, 5.41) is 4.10. The minimum absolute atomic E-state index is 0.567. The first-order valence-electron chi connectivity index (χ1n) is 7.44. The second-order valence-corrected chi connectivity index (χ2v) is 5.73. The van der Waals surface area contributed by atoms with E-state index in [0.29, 0.717) is 5.89 Å². The van der Waals surface area contributed by atoms with Gasteiger partial charge in [-0.05, 0) is 49.6 Å². The van der Waals surface area contributed by atoms with Gasteiger partial charge < -0.3 is 9.26 Å². The van der Waals surface area contributed by atoms with Gasteiger partial charge in [0.25, 0.3) is 5.89 Å². The number of aromatic nitrogens is 2. The van der Waals surface area contributed by atoms with Crippen molar-refractivity contribution in [3.05, 3.63) is 30.1 Å². The summed E-state index contributed by atoms with van der Waals surface area (Å²) in [5.74, 6) is 2.90. The summed E-state index contributed by atoms with van der Waals surface area (Å²) >= 11 is 0. The van der Waals surface area contributed by atoms with Crippen LogP contribution in [0.25, 0.3) is 11.5 Å². The first-order valence-corrected chi connectivity index (χ1v) is 7.44. The van der Waals surface area contributed by atoms with E-state index in [1.165, 1.54) is 12.8 Å². The Kier molecular flexibility index (Phi) is 4.20. The van der Waals surface area contributed by atoms with Crippen LogP contribution in [-0.2, 0) is 6.54 Å². The molecule has 0 N–H and O–H groups in total. The number of piperidine rings is 1. The monoisotopic (exact) mass is 287 g/mol. The molecule has 0 aliphatic carbocycles. The van der Waals surface area contributed by atoms with Crippen LogP contribution in [0.15, 0.2) is 28.8 Å². The van der Waals surface area contributed by atoms with Crippen LogP contribution in [0.2, 0.25) is 0 Å². The van der Waals surface area contributed by atoms with E-state index < -0.39 is 0 Å². The zero-order valence-electron chi connectivity index (χ0n) is 12.6. The maximum atomic E-state index is 5.36. The van der Waals surface area contributed by atoms with Crippen molar-refractivity contribution < 1.29 is 9.26 Å². The van der Waals surface area contributed by atoms with Crippen molar-refractivity contribution in [1.82, 2.24) is 15.0 Å². The van der Waals surface area contributed by atoms with Crippen molar-refractivity contribution in [3.8, 4) is 17.2 Å². The van der Waals surface area contributed by atoms with E-state index in [4.69, 9.17) is 9.26 Å². The Labute approximate surface area is 124 Å². The normalized spacial score (nSPS) is 19.6. The Morgan fingerprint density at radius 1 is 1.33 bits per heavy atom. The predicted octanol–water partition coefficient (Wildman–Crippen LogP) is 2.98. The number of hydrogen-bond acceptors (Lipinski definition) is 5. The third kappa shape index (κ3) is 3.42. The van der Waals surface area contributed by atoms with Gasteiger partial charge in [0.1, 0.15) is 5.75 Å². The highest BCUT2D eigenvalue weighted by Crippen LogP contribution is 2.22. The zero-order valence-corrected chi connectivity index (χ0v) is 12.6. The lowest BCUT2D eigenvalue weighted by Gasteiger charge is -2.29. The fourth-order valence-corrected chi connectivity index (χ4v) is 2.80. The Hall–Kier alpha value is -1.88. The summed E-state index contributed by atoms with van der Waals surface area (Å²) in [6, 6.07) is 7.65. The smallest absolute Gasteiger partial charge is 0.257 e. The van der Waals surface area contributed by atoms with Crippen LogP contribution in [0.4, 0.5) is 0 Å². The van der Waals surface area contributed by atoms with Crippen molar-refractivity contribution in [1.29, 1.82) is 0 Å². The molecule has 21 heavy (non-hydrogen) atoms. The molecular weight excluding hydrogens is 266 g/mol. The summed E-state index contributed by atoms with van der Waals surface area (Å²) in [5.41, 5.74) is 0.918. The van der Waals surface area contributed by atoms with Crippen LogP contribution in [0, 0.1) is 5.92 Å². The van der Waals surface area contributed by atoms with Gasteiger partial charge in [0.2, 0.25) is 0 Å². The molecule has 112 valence electrons. The highest BCUT2D eigenvalue weighted by Gasteiger charge is 2.18. The van der Waals surface area contributed by atoms with E-state index >= 15 is 0 Å². The molecule has 1 aliphatic heterocycles. The topological polar surface area (TPSA) is 51.4 Å². The van der Waals surface area contributed by atoms with Crippen LogP contribution in [0.1, 0.15) is 25.6 Å². The largest absolute Gasteiger partial charge is 0.497 e. The molecule has 2 aromatic rings. The Morgan fingerprint density at radius 3 is 2.86 bits per heavy atom. The number of rotatable bonds is 4. The number of hydrogen-bond donors (Lipinski definition) is 0. The van der Waals surface area contributed by atoms with Gasteiger partial charge in [-0.1, -0.05) is 12.1 Å². The van der Waals surface area contributed by atoms with Crippen molar-refractivity contribution in [2.45, 2.75) is 26.3 Å². The molecular formula is C16H21N3O2. The maximum Gasteiger partial charge on any atom is 0.257 e. The minimum Gasteiger partial charge on any atom is -0.497 e. The molecule has 3 rings (SSSR count). The number of benzene rings is 1. The molecule has 5 nitrogen and oxygen atoms in total. The van der Waals surface area contributed by atoms with Crippen LogP contribution >= 0.6 is 0 Å². The second-order valence-electron chi connectivity index (χ2n) is 5.73. The van der Waals surface area contributed by atoms with Crippen molar-refractivity contribution in [3.63, 3.8) is 0 Å². The molecule has 1 atom stereocenters. The fourth-order valence-electron chi connectivity index (χ4n) is 2.80. The summed E-state index contributed by atoms with van der Waals surface area (Å²) in [6.07, 6.45) is 2.57. The van der Waals surface area contributed by atoms with Gasteiger partial charge in [-0.3, -0.25) is 4.90 Å². The average Bonchev–Trinajstić information content (AvgIpc) is 2.96. The minimum atomic E-state index is 0.567. The summed E-state index contributed by atoms with van der Waals surface area (Å²) in [6.45, 7) is 5.30. The summed E-state index contributed by atoms with van der Waals surface area (Å²) in [7, 11) is 1.65. The molecule has 0 saturated carbocycles. The molecule has 5 heteroatoms. The molecule has 1 aromatic heterocycles. The quantitative estimate of drug-likeness (QED) is 0.865. The molecule has 1 unspecified atom stereocenters. The number of methoxy groups -OCH3 is 1. The number of nitrogens with zero attached hydrogens (tertiary/aromatic N) is 3. The average molecular weight is 287 g/mol. The van der Waals surface area contributed by atoms with E-state index in [0.717, 1.165) is 42.7 Å². The molecule has 1 saturated heterocycles. The van der Waals surface area contributed by atoms with Crippen molar-refractivity contribution >= 4 is 0 Å². The lowest BCUT2D eigenvalue weighted by Crippen LogP contribution is -2.34. The molecule has 1 aromatic carbocycles. The van der Waals surface area contributed by atoms with E-state index in [1.54, 1.807) is 7.11 Å². The van der Waals surface area contributed by atoms with Crippen molar-refractivity contribution in [2.75, 3.05) is 20.2 Å². The SMILES string of the molecule is COc1ccc(-c2nc(CN3CCCC(C)C3)no2)cc1. The van der Waals surface area contributed by atoms with Gasteiger partial charge in [-0.2, -0.15) is 4.98 Å². The maximum absolute atomic E-state index is 5.36. The Morgan fingerprint density at radius 2 is 2.14 bits per heavy atom. The van der Waals surface area contributed by atoms with Gasteiger partial charge in [0.05, 0.1) is 13.7 Å². The third-order valence-corrected chi connectivity index (χ3v) is 3.91. The molecule has 2 heterocycles. The van der Waals surface area contributed by atoms with Gasteiger partial charge in [0, 0.05) is 12.1 Å². The van der Waals surface area contributed by atoms with E-state index in [-0.39, 0.29) is 0 Å². The summed E-state index contributed by atoms with van der Waals surface area (Å²) in [4.78, 5) is 6.89. The van der Waals surface area contributed by atoms with E-state index in [2.05, 4.69) is 22.0 Å². The molecule has 1 fully saturated rings. The highest BCUT2D eigenvalue weighted by atomic mass is 16.5. The third-order valence-electron chi connectivity index (χ3n) is 3.91. The second kappa shape index (κ2) is 6.26. The number of ether oxygens (including phenoxy) is 1. The van der Waals surface area contributed by atoms with Crippen LogP contribution < -0.4 is 4.74 Å². The van der Waals surface area contributed by atoms with Crippen LogP contribution in [0.3, 0.4) is 0 Å². The number of likely N-dealkylation sites (tertiary alicyclic amines) is 1. The first-order chi connectivity index (χ1) is 10.2. The molecule has 0 bridgehead atoms. The highest BCUT2D eigenvalue weighted by molar-refractivity contribution is 5.54. The van der Waals surface area contributed by atoms with E-state index in [1.807, 2.05) is 24.3 Å². The van der Waals surface area contributed by atoms with Gasteiger partial charge >= 0.3 is 0 Å². The lowest BCUT2D eigenvalue weighted by molar-refractivity contribution is 0.171. The molecule has 0 spiro atoms. The lowest BCUT2D eigenvalue weighted by atomic mass is 10.0. The van der Waals surface area contributed by atoms with E-state index in [9.17, 15) is 0 Å². The van der Waals surface area contributed by atoms with Gasteiger partial charge in [0.15, 0.2) is 5.82 Å². The fraction of sp³-hybridized carbons (Fsp3) is 0.500. The standard InChI is InChI=1S/C16H21N3O2/c1-12-4-3-9-19(10-12)11-15-17-16(21-18-15)13-5-7-14(20-2)8-6-13/h5-8,12H,3-4,9-11H2,1-2H3. The molecule has 0 amide bonds. The molecule has 1 aliphatic rings. The zero-order chi connectivity index (χ0) is 14.7. The summed E-state index contributed by atoms with van der Waals surface area (Å²) < 4.78 is 10.5. The Balaban J connectivity index is 1.67. The van der Waals surface area contributed by atoms with Crippen LogP contribution in [0.5, 0.6) is 5.75 Å². The van der Waals surface area contributed by atoms with Gasteiger partial charge in [-0.25, -0.2) is 0 Å². The van der Waals surface area contributed by atoms with Crippen molar-refractivity contribution in [2.24, 2.45) is 5.92 Å². The van der Waals surface area contributed by atoms with Crippen LogP contribution in [-0.4, -0.2) is 35.2 Å².